The number of alkyl halides is 3. The van der Waals surface area contributed by atoms with Crippen molar-refractivity contribution in [1.29, 1.82) is 0 Å². The molecule has 0 saturated heterocycles. The Kier molecular flexibility index (Phi) is 6.21. The van der Waals surface area contributed by atoms with Gasteiger partial charge in [0, 0.05) is 12.5 Å². The number of methoxy groups -OCH3 is 1. The van der Waals surface area contributed by atoms with Gasteiger partial charge in [-0.2, -0.15) is 23.3 Å². The van der Waals surface area contributed by atoms with E-state index >= 15 is 0 Å². The molecule has 0 saturated carbocycles. The Morgan fingerprint density at radius 1 is 1.30 bits per heavy atom. The number of ether oxygens (including phenoxy) is 1. The fourth-order valence-electron chi connectivity index (χ4n) is 2.03. The number of hydrogen-bond donors (Lipinski definition) is 0. The van der Waals surface area contributed by atoms with Gasteiger partial charge in [0.15, 0.2) is 0 Å². The normalized spacial score (nSPS) is 13.3. The number of amides is 1. The molecule has 0 radical (unpaired) electrons. The van der Waals surface area contributed by atoms with Gasteiger partial charge in [0.05, 0.1) is 24.3 Å². The molecule has 0 N–H and O–H groups in total. The molecule has 0 unspecified atom stereocenters. The van der Waals surface area contributed by atoms with E-state index in [4.69, 9.17) is 4.74 Å². The van der Waals surface area contributed by atoms with Crippen molar-refractivity contribution in [1.82, 2.24) is 9.78 Å². The first-order valence-corrected chi connectivity index (χ1v) is 8.78. The van der Waals surface area contributed by atoms with Crippen molar-refractivity contribution in [2.45, 2.75) is 38.9 Å². The first kappa shape index (κ1) is 21.2. The summed E-state index contributed by atoms with van der Waals surface area (Å²) in [5.41, 5.74) is -2.18. The third-order valence-electron chi connectivity index (χ3n) is 3.49. The molecule has 10 heteroatoms. The van der Waals surface area contributed by atoms with Crippen molar-refractivity contribution in [2.75, 3.05) is 13.7 Å². The predicted molar refractivity (Wildman–Crippen MR) is 92.0 cm³/mol. The largest absolute Gasteiger partial charge is 0.416 e. The van der Waals surface area contributed by atoms with Crippen molar-refractivity contribution in [3.8, 4) is 0 Å². The van der Waals surface area contributed by atoms with Crippen LogP contribution < -0.4 is 4.80 Å². The Morgan fingerprint density at radius 3 is 2.52 bits per heavy atom. The number of benzene rings is 1. The first-order chi connectivity index (χ1) is 12.4. The van der Waals surface area contributed by atoms with Gasteiger partial charge in [-0.15, -0.1) is 0 Å². The summed E-state index contributed by atoms with van der Waals surface area (Å²) in [4.78, 5) is 16.3. The molecule has 2 rings (SSSR count). The second-order valence-electron chi connectivity index (χ2n) is 6.77. The third kappa shape index (κ3) is 5.23. The van der Waals surface area contributed by atoms with Crippen LogP contribution in [0, 0.1) is 5.82 Å². The van der Waals surface area contributed by atoms with Gasteiger partial charge in [-0.25, -0.2) is 9.07 Å². The van der Waals surface area contributed by atoms with E-state index in [0.29, 0.717) is 36.4 Å². The minimum Gasteiger partial charge on any atom is -0.383 e. The van der Waals surface area contributed by atoms with E-state index in [1.807, 2.05) is 20.8 Å². The van der Waals surface area contributed by atoms with Crippen LogP contribution in [-0.2, 0) is 22.9 Å². The highest BCUT2D eigenvalue weighted by molar-refractivity contribution is 7.09. The summed E-state index contributed by atoms with van der Waals surface area (Å²) in [5, 5.41) is 5.06. The van der Waals surface area contributed by atoms with E-state index in [-0.39, 0.29) is 10.2 Å². The zero-order valence-electron chi connectivity index (χ0n) is 15.2. The molecule has 1 aromatic heterocycles. The predicted octanol–water partition coefficient (Wildman–Crippen LogP) is 3.79. The molecule has 0 spiro atoms. The average molecular weight is 405 g/mol. The zero-order chi connectivity index (χ0) is 20.4. The van der Waals surface area contributed by atoms with E-state index in [2.05, 4.69) is 10.1 Å². The number of halogens is 4. The first-order valence-electron chi connectivity index (χ1n) is 7.96. The summed E-state index contributed by atoms with van der Waals surface area (Å²) in [6.45, 7) is 6.35. The fourth-order valence-corrected chi connectivity index (χ4v) is 3.02. The minimum absolute atomic E-state index is 0.166. The van der Waals surface area contributed by atoms with Crippen LogP contribution in [0.4, 0.5) is 17.6 Å². The van der Waals surface area contributed by atoms with Crippen LogP contribution >= 0.6 is 11.3 Å². The maximum absolute atomic E-state index is 13.9. The van der Waals surface area contributed by atoms with E-state index < -0.39 is 29.0 Å². The van der Waals surface area contributed by atoms with Gasteiger partial charge in [-0.3, -0.25) is 4.79 Å². The molecule has 1 heterocycles. The molecule has 0 atom stereocenters. The molecule has 0 bridgehead atoms. The van der Waals surface area contributed by atoms with Crippen LogP contribution in [0.25, 0.3) is 0 Å². The molecule has 148 valence electrons. The lowest BCUT2D eigenvalue weighted by molar-refractivity contribution is -0.137. The number of rotatable bonds is 4. The van der Waals surface area contributed by atoms with Gasteiger partial charge in [0.2, 0.25) is 4.80 Å². The number of carbonyl (C=O) groups excluding carboxylic acids is 1. The van der Waals surface area contributed by atoms with Crippen LogP contribution in [0.15, 0.2) is 23.2 Å². The Bertz CT molecular complexity index is 895. The molecular weight excluding hydrogens is 386 g/mol. The lowest BCUT2D eigenvalue weighted by atomic mass is 9.98. The lowest BCUT2D eigenvalue weighted by Crippen LogP contribution is -2.21. The van der Waals surface area contributed by atoms with Crippen LogP contribution in [0.2, 0.25) is 0 Å². The van der Waals surface area contributed by atoms with Gasteiger partial charge in [-0.05, 0) is 18.2 Å². The number of nitrogens with zero attached hydrogens (tertiary/aromatic N) is 3. The number of aromatic nitrogens is 2. The summed E-state index contributed by atoms with van der Waals surface area (Å²) in [6.07, 6.45) is -4.69. The smallest absolute Gasteiger partial charge is 0.383 e. The van der Waals surface area contributed by atoms with E-state index in [1.165, 1.54) is 11.8 Å². The Balaban J connectivity index is 2.52. The Morgan fingerprint density at radius 2 is 1.96 bits per heavy atom. The average Bonchev–Trinajstić information content (AvgIpc) is 2.95. The second-order valence-corrected chi connectivity index (χ2v) is 7.72. The van der Waals surface area contributed by atoms with Gasteiger partial charge in [0.25, 0.3) is 5.91 Å². The molecule has 0 aliphatic heterocycles. The maximum Gasteiger partial charge on any atom is 0.416 e. The van der Waals surface area contributed by atoms with Crippen molar-refractivity contribution >= 4 is 17.2 Å². The van der Waals surface area contributed by atoms with E-state index in [9.17, 15) is 22.4 Å². The number of hydrogen-bond acceptors (Lipinski definition) is 4. The second kappa shape index (κ2) is 7.89. The van der Waals surface area contributed by atoms with Crippen molar-refractivity contribution in [3.63, 3.8) is 0 Å². The quantitative estimate of drug-likeness (QED) is 0.728. The molecule has 0 fully saturated rings. The third-order valence-corrected chi connectivity index (χ3v) is 4.86. The van der Waals surface area contributed by atoms with E-state index in [1.54, 1.807) is 0 Å². The van der Waals surface area contributed by atoms with Crippen molar-refractivity contribution in [3.05, 3.63) is 45.0 Å². The molecule has 1 aromatic carbocycles. The highest BCUT2D eigenvalue weighted by Gasteiger charge is 2.32. The Hall–Kier alpha value is -2.07. The summed E-state index contributed by atoms with van der Waals surface area (Å²) < 4.78 is 58.9. The SMILES string of the molecule is COCCn1nc(C(C)(C)C)s/c1=N\C(=O)c1cc(C(F)(F)F)ccc1F. The molecule has 0 aliphatic carbocycles. The summed E-state index contributed by atoms with van der Waals surface area (Å²) in [7, 11) is 1.50. The van der Waals surface area contributed by atoms with Crippen molar-refractivity contribution < 1.29 is 27.1 Å². The van der Waals surface area contributed by atoms with Gasteiger partial charge in [0.1, 0.15) is 10.8 Å². The van der Waals surface area contributed by atoms with Gasteiger partial charge >= 0.3 is 6.18 Å². The highest BCUT2D eigenvalue weighted by atomic mass is 32.1. The topological polar surface area (TPSA) is 56.5 Å². The monoisotopic (exact) mass is 405 g/mol. The summed E-state index contributed by atoms with van der Waals surface area (Å²) in [5.74, 6) is -2.17. The summed E-state index contributed by atoms with van der Waals surface area (Å²) >= 11 is 1.12. The highest BCUT2D eigenvalue weighted by Crippen LogP contribution is 2.30. The van der Waals surface area contributed by atoms with Gasteiger partial charge < -0.3 is 4.74 Å². The molecule has 5 nitrogen and oxygen atoms in total. The number of carbonyl (C=O) groups is 1. The zero-order valence-corrected chi connectivity index (χ0v) is 16.0. The van der Waals surface area contributed by atoms with Crippen LogP contribution in [-0.4, -0.2) is 29.4 Å². The molecule has 0 aliphatic rings. The van der Waals surface area contributed by atoms with E-state index in [0.717, 1.165) is 11.3 Å². The molecule has 2 aromatic rings. The van der Waals surface area contributed by atoms with Crippen LogP contribution in [0.5, 0.6) is 0 Å². The molecular formula is C17H19F4N3O2S. The molecule has 1 amide bonds. The standard InChI is InChI=1S/C17H19F4N3O2S/c1-16(2,3)14-23-24(7-8-26-4)15(27-14)22-13(25)11-9-10(17(19,20)21)5-6-12(11)18/h5-6,9H,7-8H2,1-4H3/b22-15-. The van der Waals surface area contributed by atoms with Crippen LogP contribution in [0.1, 0.15) is 41.7 Å². The summed E-state index contributed by atoms with van der Waals surface area (Å²) in [6, 6.07) is 1.65. The van der Waals surface area contributed by atoms with Gasteiger partial charge in [-0.1, -0.05) is 32.1 Å². The van der Waals surface area contributed by atoms with Crippen molar-refractivity contribution in [2.24, 2.45) is 4.99 Å². The fraction of sp³-hybridized carbons (Fsp3) is 0.471. The maximum atomic E-state index is 13.9. The van der Waals surface area contributed by atoms with Crippen LogP contribution in [0.3, 0.4) is 0 Å². The minimum atomic E-state index is -4.69. The lowest BCUT2D eigenvalue weighted by Gasteiger charge is -2.12. The Labute approximate surface area is 157 Å². The molecule has 27 heavy (non-hydrogen) atoms.